The van der Waals surface area contributed by atoms with Gasteiger partial charge in [-0.2, -0.15) is 0 Å². The van der Waals surface area contributed by atoms with Crippen molar-refractivity contribution in [3.05, 3.63) is 46.5 Å². The highest BCUT2D eigenvalue weighted by Gasteiger charge is 1.90. The standard InChI is InChI=1S/C14H20BrN/c1-12(2)16-11-5-3-4-6-13-7-9-14(15)10-8-13/h3-4,7-10,12,16H,5-6,11H2,1-2H3. The molecule has 2 heteroatoms. The lowest BCUT2D eigenvalue weighted by molar-refractivity contribution is 0.594. The van der Waals surface area contributed by atoms with Crippen LogP contribution in [-0.2, 0) is 6.42 Å². The molecule has 0 saturated carbocycles. The molecule has 0 unspecified atom stereocenters. The van der Waals surface area contributed by atoms with Crippen LogP contribution in [0.15, 0.2) is 40.9 Å². The van der Waals surface area contributed by atoms with E-state index in [9.17, 15) is 0 Å². The van der Waals surface area contributed by atoms with Crippen molar-refractivity contribution in [1.82, 2.24) is 5.32 Å². The number of hydrogen-bond donors (Lipinski definition) is 1. The van der Waals surface area contributed by atoms with Crippen LogP contribution >= 0.6 is 15.9 Å². The fourth-order valence-electron chi connectivity index (χ4n) is 1.41. The highest BCUT2D eigenvalue weighted by atomic mass is 79.9. The van der Waals surface area contributed by atoms with E-state index in [2.05, 4.69) is 71.5 Å². The number of halogens is 1. The summed E-state index contributed by atoms with van der Waals surface area (Å²) in [6, 6.07) is 9.06. The molecule has 0 radical (unpaired) electrons. The van der Waals surface area contributed by atoms with Crippen LogP contribution in [0.1, 0.15) is 25.8 Å². The molecule has 16 heavy (non-hydrogen) atoms. The molecule has 0 heterocycles. The van der Waals surface area contributed by atoms with Crippen molar-refractivity contribution in [2.75, 3.05) is 6.54 Å². The average Bonchev–Trinajstić information content (AvgIpc) is 2.25. The van der Waals surface area contributed by atoms with Gasteiger partial charge in [-0.1, -0.05) is 54.1 Å². The maximum Gasteiger partial charge on any atom is 0.0175 e. The van der Waals surface area contributed by atoms with E-state index in [1.165, 1.54) is 5.56 Å². The first kappa shape index (κ1) is 13.5. The first-order valence-corrected chi connectivity index (χ1v) is 6.60. The lowest BCUT2D eigenvalue weighted by Gasteiger charge is -2.04. The molecule has 1 aromatic rings. The minimum Gasteiger partial charge on any atom is -0.314 e. The van der Waals surface area contributed by atoms with E-state index in [0.717, 1.165) is 23.9 Å². The Morgan fingerprint density at radius 3 is 2.50 bits per heavy atom. The van der Waals surface area contributed by atoms with Gasteiger partial charge in [-0.3, -0.25) is 0 Å². The molecule has 0 saturated heterocycles. The van der Waals surface area contributed by atoms with E-state index in [0.29, 0.717) is 6.04 Å². The molecule has 0 aromatic heterocycles. The Morgan fingerprint density at radius 1 is 1.19 bits per heavy atom. The van der Waals surface area contributed by atoms with Crippen LogP contribution in [0.3, 0.4) is 0 Å². The largest absolute Gasteiger partial charge is 0.314 e. The lowest BCUT2D eigenvalue weighted by Crippen LogP contribution is -2.23. The Bertz CT molecular complexity index is 314. The van der Waals surface area contributed by atoms with Gasteiger partial charge in [0.1, 0.15) is 0 Å². The van der Waals surface area contributed by atoms with Crippen LogP contribution in [0.2, 0.25) is 0 Å². The molecular weight excluding hydrogens is 262 g/mol. The molecule has 0 aliphatic rings. The Morgan fingerprint density at radius 2 is 1.88 bits per heavy atom. The third-order valence-electron chi connectivity index (χ3n) is 2.30. The molecule has 1 rings (SSSR count). The van der Waals surface area contributed by atoms with Gasteiger partial charge in [0.2, 0.25) is 0 Å². The van der Waals surface area contributed by atoms with Gasteiger partial charge in [0.05, 0.1) is 0 Å². The maximum absolute atomic E-state index is 3.44. The fourth-order valence-corrected chi connectivity index (χ4v) is 1.68. The predicted molar refractivity (Wildman–Crippen MR) is 74.7 cm³/mol. The van der Waals surface area contributed by atoms with Crippen molar-refractivity contribution < 1.29 is 0 Å². The van der Waals surface area contributed by atoms with Crippen molar-refractivity contribution in [1.29, 1.82) is 0 Å². The molecule has 0 spiro atoms. The second-order valence-electron chi connectivity index (χ2n) is 4.20. The zero-order valence-electron chi connectivity index (χ0n) is 10.0. The van der Waals surface area contributed by atoms with Gasteiger partial charge in [0.15, 0.2) is 0 Å². The zero-order valence-corrected chi connectivity index (χ0v) is 11.6. The van der Waals surface area contributed by atoms with Crippen LogP contribution < -0.4 is 5.32 Å². The van der Waals surface area contributed by atoms with Gasteiger partial charge in [0.25, 0.3) is 0 Å². The summed E-state index contributed by atoms with van der Waals surface area (Å²) in [5.74, 6) is 0. The average molecular weight is 282 g/mol. The van der Waals surface area contributed by atoms with E-state index in [1.54, 1.807) is 0 Å². The van der Waals surface area contributed by atoms with Crippen LogP contribution in [-0.4, -0.2) is 12.6 Å². The number of allylic oxidation sites excluding steroid dienone is 1. The predicted octanol–water partition coefficient (Wildman–Crippen LogP) is 3.94. The molecule has 1 N–H and O–H groups in total. The van der Waals surface area contributed by atoms with Gasteiger partial charge in [-0.05, 0) is 37.1 Å². The molecule has 0 amide bonds. The van der Waals surface area contributed by atoms with E-state index < -0.39 is 0 Å². The molecule has 0 fully saturated rings. The first-order valence-electron chi connectivity index (χ1n) is 5.81. The monoisotopic (exact) mass is 281 g/mol. The van der Waals surface area contributed by atoms with Crippen molar-refractivity contribution in [3.8, 4) is 0 Å². The summed E-state index contributed by atoms with van der Waals surface area (Å²) in [6.45, 7) is 5.41. The molecule has 88 valence electrons. The molecule has 0 aliphatic carbocycles. The molecule has 1 nitrogen and oxygen atoms in total. The highest BCUT2D eigenvalue weighted by molar-refractivity contribution is 9.10. The molecule has 1 aromatic carbocycles. The van der Waals surface area contributed by atoms with Gasteiger partial charge in [0, 0.05) is 10.5 Å². The van der Waals surface area contributed by atoms with Crippen molar-refractivity contribution in [3.63, 3.8) is 0 Å². The normalized spacial score (nSPS) is 11.5. The van der Waals surface area contributed by atoms with E-state index in [4.69, 9.17) is 0 Å². The maximum atomic E-state index is 3.44. The van der Waals surface area contributed by atoms with Gasteiger partial charge in [-0.15, -0.1) is 0 Å². The Kier molecular flexibility index (Phi) is 6.43. The minimum atomic E-state index is 0.583. The summed E-state index contributed by atoms with van der Waals surface area (Å²) >= 11 is 3.44. The van der Waals surface area contributed by atoms with Crippen LogP contribution in [0, 0.1) is 0 Å². The topological polar surface area (TPSA) is 12.0 Å². The highest BCUT2D eigenvalue weighted by Crippen LogP contribution is 2.11. The summed E-state index contributed by atoms with van der Waals surface area (Å²) in [5.41, 5.74) is 1.36. The van der Waals surface area contributed by atoms with Crippen LogP contribution in [0.5, 0.6) is 0 Å². The number of hydrogen-bond acceptors (Lipinski definition) is 1. The summed E-state index contributed by atoms with van der Waals surface area (Å²) < 4.78 is 1.14. The molecule has 0 aliphatic heterocycles. The summed E-state index contributed by atoms with van der Waals surface area (Å²) in [6.07, 6.45) is 6.62. The summed E-state index contributed by atoms with van der Waals surface area (Å²) in [7, 11) is 0. The van der Waals surface area contributed by atoms with Crippen LogP contribution in [0.4, 0.5) is 0 Å². The Labute approximate surface area is 107 Å². The Balaban J connectivity index is 2.19. The number of rotatable bonds is 6. The SMILES string of the molecule is CC(C)NCCC=CCc1ccc(Br)cc1. The zero-order chi connectivity index (χ0) is 11.8. The van der Waals surface area contributed by atoms with E-state index in [-0.39, 0.29) is 0 Å². The lowest BCUT2D eigenvalue weighted by atomic mass is 10.1. The quantitative estimate of drug-likeness (QED) is 0.615. The summed E-state index contributed by atoms with van der Waals surface area (Å²) in [5, 5.41) is 3.39. The third-order valence-corrected chi connectivity index (χ3v) is 2.83. The fraction of sp³-hybridized carbons (Fsp3) is 0.429. The summed E-state index contributed by atoms with van der Waals surface area (Å²) in [4.78, 5) is 0. The van der Waals surface area contributed by atoms with Crippen LogP contribution in [0.25, 0.3) is 0 Å². The molecule has 0 atom stereocenters. The minimum absolute atomic E-state index is 0.583. The third kappa shape index (κ3) is 6.09. The first-order chi connectivity index (χ1) is 7.68. The van der Waals surface area contributed by atoms with Gasteiger partial charge < -0.3 is 5.32 Å². The second kappa shape index (κ2) is 7.64. The molecular formula is C14H20BrN. The Hall–Kier alpha value is -0.600. The smallest absolute Gasteiger partial charge is 0.0175 e. The van der Waals surface area contributed by atoms with Crippen molar-refractivity contribution in [2.24, 2.45) is 0 Å². The van der Waals surface area contributed by atoms with Crippen molar-refractivity contribution in [2.45, 2.75) is 32.7 Å². The van der Waals surface area contributed by atoms with Gasteiger partial charge in [-0.25, -0.2) is 0 Å². The van der Waals surface area contributed by atoms with E-state index in [1.807, 2.05) is 0 Å². The molecule has 0 bridgehead atoms. The van der Waals surface area contributed by atoms with E-state index >= 15 is 0 Å². The van der Waals surface area contributed by atoms with Crippen molar-refractivity contribution >= 4 is 15.9 Å². The number of benzene rings is 1. The number of nitrogens with one attached hydrogen (secondary N) is 1. The van der Waals surface area contributed by atoms with Gasteiger partial charge >= 0.3 is 0 Å². The second-order valence-corrected chi connectivity index (χ2v) is 5.12.